The Morgan fingerprint density at radius 1 is 1.07 bits per heavy atom. The quantitative estimate of drug-likeness (QED) is 0.273. The van der Waals surface area contributed by atoms with Crippen molar-refractivity contribution in [2.75, 3.05) is 27.8 Å². The van der Waals surface area contributed by atoms with Gasteiger partial charge in [0.05, 0.1) is 0 Å². The highest BCUT2D eigenvalue weighted by molar-refractivity contribution is 6.07. The highest BCUT2D eigenvalue weighted by atomic mass is 16.7. The van der Waals surface area contributed by atoms with Gasteiger partial charge in [0, 0.05) is 31.4 Å². The smallest absolute Gasteiger partial charge is 0.188 e. The van der Waals surface area contributed by atoms with E-state index in [1.807, 2.05) is 0 Å². The predicted octanol–water partition coefficient (Wildman–Crippen LogP) is 3.98. The van der Waals surface area contributed by atoms with Gasteiger partial charge in [0.15, 0.2) is 19.4 Å². The third-order valence-electron chi connectivity index (χ3n) is 3.80. The predicted molar refractivity (Wildman–Crippen MR) is 107 cm³/mol. The fourth-order valence-electron chi connectivity index (χ4n) is 2.45. The van der Waals surface area contributed by atoms with Crippen LogP contribution >= 0.6 is 0 Å². The highest BCUT2D eigenvalue weighted by Gasteiger charge is 2.09. The molecule has 0 saturated heterocycles. The summed E-state index contributed by atoms with van der Waals surface area (Å²) in [6, 6.07) is 10.0. The molecule has 0 amide bonds. The maximum Gasteiger partial charge on any atom is 0.188 e. The number of allylic oxidation sites excluding steroid dienone is 2. The van der Waals surface area contributed by atoms with Crippen molar-refractivity contribution >= 4 is 11.9 Å². The molecular weight excluding hydrogens is 360 g/mol. The molecule has 148 valence electrons. The van der Waals surface area contributed by atoms with E-state index < -0.39 is 0 Å². The summed E-state index contributed by atoms with van der Waals surface area (Å²) >= 11 is 0. The van der Waals surface area contributed by atoms with E-state index >= 15 is 0 Å². The van der Waals surface area contributed by atoms with Crippen LogP contribution in [0.15, 0.2) is 55.1 Å². The molecule has 0 heterocycles. The molecule has 0 radical (unpaired) electrons. The molecule has 0 bridgehead atoms. The SMILES string of the molecule is C=CCc1cc(C(=O)C=Cc2ccc(OCOC)cc2O)ccc1OCOC. The Balaban J connectivity index is 2.15. The molecule has 6 heteroatoms. The van der Waals surface area contributed by atoms with E-state index in [1.54, 1.807) is 49.6 Å². The lowest BCUT2D eigenvalue weighted by Gasteiger charge is -2.10. The van der Waals surface area contributed by atoms with Gasteiger partial charge in [-0.2, -0.15) is 0 Å². The van der Waals surface area contributed by atoms with Crippen LogP contribution in [0.4, 0.5) is 0 Å². The minimum Gasteiger partial charge on any atom is -0.507 e. The van der Waals surface area contributed by atoms with Crippen molar-refractivity contribution in [2.24, 2.45) is 0 Å². The molecule has 0 aliphatic rings. The minimum absolute atomic E-state index is 0.00770. The van der Waals surface area contributed by atoms with E-state index in [0.29, 0.717) is 29.0 Å². The normalized spacial score (nSPS) is 10.8. The standard InChI is InChI=1S/C22H24O6/c1-4-5-18-12-17(8-11-22(18)28-15-26-3)20(23)10-7-16-6-9-19(13-21(16)24)27-14-25-2/h4,6-13,24H,1,5,14-15H2,2-3H3. The zero-order chi connectivity index (χ0) is 20.4. The number of aromatic hydroxyl groups is 1. The molecular formula is C22H24O6. The number of ketones is 1. The lowest BCUT2D eigenvalue weighted by atomic mass is 10.0. The van der Waals surface area contributed by atoms with Gasteiger partial charge in [-0.25, -0.2) is 0 Å². The molecule has 6 nitrogen and oxygen atoms in total. The van der Waals surface area contributed by atoms with Crippen LogP contribution in [0.5, 0.6) is 17.2 Å². The zero-order valence-corrected chi connectivity index (χ0v) is 16.0. The lowest BCUT2D eigenvalue weighted by molar-refractivity contribution is 0.0504. The van der Waals surface area contributed by atoms with Crippen LogP contribution < -0.4 is 9.47 Å². The van der Waals surface area contributed by atoms with Crippen LogP contribution in [-0.4, -0.2) is 38.7 Å². The third kappa shape index (κ3) is 5.97. The number of benzene rings is 2. The van der Waals surface area contributed by atoms with E-state index in [1.165, 1.54) is 19.3 Å². The molecule has 2 aromatic rings. The Bertz CT molecular complexity index is 841. The van der Waals surface area contributed by atoms with Crippen molar-refractivity contribution in [3.63, 3.8) is 0 Å². The lowest BCUT2D eigenvalue weighted by Crippen LogP contribution is -2.03. The van der Waals surface area contributed by atoms with E-state index in [4.69, 9.17) is 18.9 Å². The maximum absolute atomic E-state index is 12.5. The number of carbonyl (C=O) groups is 1. The molecule has 0 spiro atoms. The summed E-state index contributed by atoms with van der Waals surface area (Å²) in [6.07, 6.45) is 5.27. The molecule has 0 fully saturated rings. The molecule has 2 rings (SSSR count). The van der Waals surface area contributed by atoms with Gasteiger partial charge in [0.25, 0.3) is 0 Å². The second-order valence-corrected chi connectivity index (χ2v) is 5.84. The average molecular weight is 384 g/mol. The molecule has 1 N–H and O–H groups in total. The number of phenols is 1. The molecule has 2 aromatic carbocycles. The Morgan fingerprint density at radius 2 is 1.82 bits per heavy atom. The molecule has 0 saturated carbocycles. The Labute approximate surface area is 164 Å². The van der Waals surface area contributed by atoms with Crippen molar-refractivity contribution in [3.05, 3.63) is 71.8 Å². The summed E-state index contributed by atoms with van der Waals surface area (Å²) in [4.78, 5) is 12.5. The molecule has 28 heavy (non-hydrogen) atoms. The first-order valence-corrected chi connectivity index (χ1v) is 8.61. The van der Waals surface area contributed by atoms with Crippen molar-refractivity contribution in [1.82, 2.24) is 0 Å². The fourth-order valence-corrected chi connectivity index (χ4v) is 2.45. The fraction of sp³-hybridized carbons (Fsp3) is 0.227. The highest BCUT2D eigenvalue weighted by Crippen LogP contribution is 2.26. The first-order valence-electron chi connectivity index (χ1n) is 8.61. The number of phenolic OH excluding ortho intramolecular Hbond substituents is 1. The van der Waals surface area contributed by atoms with Crippen molar-refractivity contribution < 1.29 is 28.8 Å². The number of hydrogen-bond donors (Lipinski definition) is 1. The van der Waals surface area contributed by atoms with Gasteiger partial charge in [0.1, 0.15) is 17.2 Å². The number of rotatable bonds is 11. The topological polar surface area (TPSA) is 74.2 Å². The van der Waals surface area contributed by atoms with E-state index in [0.717, 1.165) is 5.56 Å². The summed E-state index contributed by atoms with van der Waals surface area (Å²) in [7, 11) is 3.06. The third-order valence-corrected chi connectivity index (χ3v) is 3.80. The summed E-state index contributed by atoms with van der Waals surface area (Å²) < 4.78 is 20.5. The largest absolute Gasteiger partial charge is 0.507 e. The maximum atomic E-state index is 12.5. The molecule has 0 aliphatic carbocycles. The van der Waals surface area contributed by atoms with Crippen LogP contribution in [0.3, 0.4) is 0 Å². The second kappa shape index (κ2) is 10.9. The van der Waals surface area contributed by atoms with Crippen LogP contribution in [-0.2, 0) is 15.9 Å². The van der Waals surface area contributed by atoms with Crippen LogP contribution in [0.1, 0.15) is 21.5 Å². The van der Waals surface area contributed by atoms with Gasteiger partial charge < -0.3 is 24.1 Å². The van der Waals surface area contributed by atoms with Gasteiger partial charge in [0.2, 0.25) is 0 Å². The Kier molecular flexibility index (Phi) is 8.27. The van der Waals surface area contributed by atoms with Gasteiger partial charge >= 0.3 is 0 Å². The molecule has 0 aromatic heterocycles. The summed E-state index contributed by atoms with van der Waals surface area (Å²) in [5.41, 5.74) is 1.86. The molecule has 0 aliphatic heterocycles. The van der Waals surface area contributed by atoms with Crippen molar-refractivity contribution in [1.29, 1.82) is 0 Å². The van der Waals surface area contributed by atoms with E-state index in [-0.39, 0.29) is 25.1 Å². The summed E-state index contributed by atoms with van der Waals surface area (Å²) in [5, 5.41) is 10.1. The summed E-state index contributed by atoms with van der Waals surface area (Å²) in [5.74, 6) is 0.936. The minimum atomic E-state index is -0.192. The van der Waals surface area contributed by atoms with Gasteiger partial charge in [-0.05, 0) is 54.5 Å². The van der Waals surface area contributed by atoms with Crippen molar-refractivity contribution in [2.45, 2.75) is 6.42 Å². The number of methoxy groups -OCH3 is 2. The first kappa shape index (κ1) is 21.2. The molecule has 0 unspecified atom stereocenters. The first-order chi connectivity index (χ1) is 13.6. The monoisotopic (exact) mass is 384 g/mol. The Morgan fingerprint density at radius 3 is 2.50 bits per heavy atom. The Hall–Kier alpha value is -3.09. The van der Waals surface area contributed by atoms with Crippen LogP contribution in [0.2, 0.25) is 0 Å². The van der Waals surface area contributed by atoms with E-state index in [9.17, 15) is 9.90 Å². The second-order valence-electron chi connectivity index (χ2n) is 5.84. The zero-order valence-electron chi connectivity index (χ0n) is 16.0. The summed E-state index contributed by atoms with van der Waals surface area (Å²) in [6.45, 7) is 3.94. The number of hydrogen-bond acceptors (Lipinski definition) is 6. The number of ether oxygens (including phenoxy) is 4. The van der Waals surface area contributed by atoms with Gasteiger partial charge in [-0.1, -0.05) is 6.08 Å². The van der Waals surface area contributed by atoms with Crippen LogP contribution in [0, 0.1) is 0 Å². The average Bonchev–Trinajstić information content (AvgIpc) is 2.70. The van der Waals surface area contributed by atoms with E-state index in [2.05, 4.69) is 6.58 Å². The van der Waals surface area contributed by atoms with Crippen molar-refractivity contribution in [3.8, 4) is 17.2 Å². The van der Waals surface area contributed by atoms with Gasteiger partial charge in [-0.15, -0.1) is 6.58 Å². The number of carbonyl (C=O) groups excluding carboxylic acids is 1. The van der Waals surface area contributed by atoms with Crippen LogP contribution in [0.25, 0.3) is 6.08 Å². The molecule has 0 atom stereocenters. The van der Waals surface area contributed by atoms with Gasteiger partial charge in [-0.3, -0.25) is 4.79 Å².